The van der Waals surface area contributed by atoms with E-state index in [1.807, 2.05) is 0 Å². The molecule has 2 aliphatic rings. The molecule has 2 aliphatic heterocycles. The molecule has 0 aromatic carbocycles. The second-order valence-corrected chi connectivity index (χ2v) is 7.88. The van der Waals surface area contributed by atoms with E-state index in [-0.39, 0.29) is 36.1 Å². The topological polar surface area (TPSA) is 244 Å². The van der Waals surface area contributed by atoms with Crippen molar-refractivity contribution in [2.75, 3.05) is 13.2 Å². The summed E-state index contributed by atoms with van der Waals surface area (Å²) in [5, 5.41) is 54.4. The number of ether oxygens (including phenoxy) is 2. The van der Waals surface area contributed by atoms with Crippen molar-refractivity contribution in [3.05, 3.63) is 0 Å². The fraction of sp³-hybridized carbons (Fsp3) is 0.857. The summed E-state index contributed by atoms with van der Waals surface area (Å²) in [5.41, 5.74) is 0. The molecule has 0 aromatic rings. The second kappa shape index (κ2) is 11.6. The van der Waals surface area contributed by atoms with Crippen molar-refractivity contribution < 1.29 is 91.3 Å². The standard InChI is InChI=1S/C14H24N2O13S.Na/c1-4(17)16-7-11(21)10(20)6(3-27-30(24,25)26)28-14(7)29-12-8(13(22)23)15-2-5(18)9(12)19;/h5-12,14-15,18-21H,2-3H2,1H3,(H,16,17)(H,22,23)(H,24,25,26);/q;+1/p-1/t5-,6+,7+,8-,9+,10+,11+,12+,14+;/m0./s1. The number of hydrogen-bond donors (Lipinski definition) is 7. The van der Waals surface area contributed by atoms with Gasteiger partial charge in [0.2, 0.25) is 16.3 Å². The summed E-state index contributed by atoms with van der Waals surface area (Å²) in [6, 6.07) is -3.01. The summed E-state index contributed by atoms with van der Waals surface area (Å²) < 4.78 is 46.8. The Bertz CT molecular complexity index is 740. The van der Waals surface area contributed by atoms with Crippen molar-refractivity contribution in [2.24, 2.45) is 0 Å². The first kappa shape index (κ1) is 28.6. The molecule has 2 heterocycles. The number of carboxylic acid groups (broad SMARTS) is 1. The molecular weight excluding hydrogens is 459 g/mol. The number of rotatable bonds is 7. The molecule has 0 unspecified atom stereocenters. The van der Waals surface area contributed by atoms with E-state index in [2.05, 4.69) is 14.8 Å². The molecule has 0 aliphatic carbocycles. The number of carbonyl (C=O) groups is 2. The van der Waals surface area contributed by atoms with Crippen LogP contribution in [0, 0.1) is 0 Å². The van der Waals surface area contributed by atoms with E-state index in [4.69, 9.17) is 9.47 Å². The van der Waals surface area contributed by atoms with Crippen LogP contribution in [0.4, 0.5) is 0 Å². The summed E-state index contributed by atoms with van der Waals surface area (Å²) in [4.78, 5) is 22.9. The molecule has 17 heteroatoms. The van der Waals surface area contributed by atoms with Gasteiger partial charge in [-0.1, -0.05) is 0 Å². The van der Waals surface area contributed by atoms with Gasteiger partial charge in [-0.25, -0.2) is 8.42 Å². The van der Waals surface area contributed by atoms with Crippen molar-refractivity contribution in [2.45, 2.75) is 61.9 Å². The molecular formula is C14H23N2NaO13S. The number of amides is 1. The van der Waals surface area contributed by atoms with Gasteiger partial charge in [0, 0.05) is 13.5 Å². The Morgan fingerprint density at radius 1 is 1.19 bits per heavy atom. The van der Waals surface area contributed by atoms with Gasteiger partial charge in [0.05, 0.1) is 12.7 Å². The number of aliphatic hydroxyl groups is 4. The summed E-state index contributed by atoms with van der Waals surface area (Å²) in [6.07, 6.45) is -11.8. The summed E-state index contributed by atoms with van der Waals surface area (Å²) in [5.74, 6) is -2.15. The molecule has 1 amide bonds. The van der Waals surface area contributed by atoms with Crippen molar-refractivity contribution in [3.63, 3.8) is 0 Å². The second-order valence-electron chi connectivity index (χ2n) is 6.83. The van der Waals surface area contributed by atoms with Crippen LogP contribution in [0.25, 0.3) is 0 Å². The van der Waals surface area contributed by atoms with Gasteiger partial charge in [-0.3, -0.25) is 19.1 Å². The Hall–Kier alpha value is -0.470. The molecule has 0 radical (unpaired) electrons. The van der Waals surface area contributed by atoms with Gasteiger partial charge in [0.1, 0.15) is 42.6 Å². The van der Waals surface area contributed by atoms with E-state index in [0.717, 1.165) is 6.92 Å². The van der Waals surface area contributed by atoms with E-state index >= 15 is 0 Å². The minimum atomic E-state index is -5.17. The first-order chi connectivity index (χ1) is 13.8. The molecule has 2 rings (SSSR count). The average molecular weight is 482 g/mol. The van der Waals surface area contributed by atoms with Gasteiger partial charge >= 0.3 is 35.5 Å². The van der Waals surface area contributed by atoms with Crippen LogP contribution in [0.2, 0.25) is 0 Å². The van der Waals surface area contributed by atoms with Gasteiger partial charge in [-0.2, -0.15) is 0 Å². The number of β-amino-alcohol motifs (C(OH)–C–C–N with tert-alkyl or cyclic N) is 1. The van der Waals surface area contributed by atoms with Crippen LogP contribution in [0.15, 0.2) is 0 Å². The number of aliphatic hydroxyl groups excluding tert-OH is 4. The maximum Gasteiger partial charge on any atom is 1.00 e. The minimum Gasteiger partial charge on any atom is -0.726 e. The smallest absolute Gasteiger partial charge is 0.726 e. The number of carbonyl (C=O) groups excluding carboxylic acids is 1. The summed E-state index contributed by atoms with van der Waals surface area (Å²) in [6.45, 7) is -0.221. The molecule has 174 valence electrons. The molecule has 15 nitrogen and oxygen atoms in total. The number of hydrogen-bond acceptors (Lipinski definition) is 13. The zero-order chi connectivity index (χ0) is 22.8. The first-order valence-electron chi connectivity index (χ1n) is 8.68. The number of aliphatic carboxylic acids is 1. The first-order valence-corrected chi connectivity index (χ1v) is 10.0. The van der Waals surface area contributed by atoms with Crippen molar-refractivity contribution >= 4 is 22.3 Å². The molecule has 0 aromatic heterocycles. The third kappa shape index (κ3) is 7.53. The van der Waals surface area contributed by atoms with Gasteiger partial charge in [0.15, 0.2) is 6.29 Å². The number of piperidine rings is 1. The molecule has 0 spiro atoms. The van der Waals surface area contributed by atoms with E-state index in [0.29, 0.717) is 0 Å². The predicted molar refractivity (Wildman–Crippen MR) is 90.2 cm³/mol. The quantitative estimate of drug-likeness (QED) is 0.101. The molecule has 0 bridgehead atoms. The van der Waals surface area contributed by atoms with E-state index in [9.17, 15) is 48.1 Å². The maximum atomic E-state index is 11.5. The predicted octanol–water partition coefficient (Wildman–Crippen LogP) is -8.42. The monoisotopic (exact) mass is 482 g/mol. The molecule has 7 N–H and O–H groups in total. The Balaban J connectivity index is 0.00000480. The van der Waals surface area contributed by atoms with Gasteiger partial charge in [-0.05, 0) is 0 Å². The zero-order valence-electron chi connectivity index (χ0n) is 16.5. The third-order valence-electron chi connectivity index (χ3n) is 4.61. The zero-order valence-corrected chi connectivity index (χ0v) is 19.3. The Morgan fingerprint density at radius 2 is 1.81 bits per heavy atom. The van der Waals surface area contributed by atoms with Crippen molar-refractivity contribution in [1.82, 2.24) is 10.6 Å². The Morgan fingerprint density at radius 3 is 2.32 bits per heavy atom. The number of carboxylic acids is 1. The van der Waals surface area contributed by atoms with Gasteiger partial charge in [-0.15, -0.1) is 0 Å². The summed E-state index contributed by atoms with van der Waals surface area (Å²) >= 11 is 0. The van der Waals surface area contributed by atoms with E-state index < -0.39 is 83.9 Å². The fourth-order valence-electron chi connectivity index (χ4n) is 3.17. The van der Waals surface area contributed by atoms with Crippen LogP contribution in [-0.4, -0.2) is 119 Å². The largest absolute Gasteiger partial charge is 1.00 e. The third-order valence-corrected chi connectivity index (χ3v) is 5.04. The Kier molecular flexibility index (Phi) is 10.7. The maximum absolute atomic E-state index is 11.5. The van der Waals surface area contributed by atoms with Crippen LogP contribution in [0.5, 0.6) is 0 Å². The van der Waals surface area contributed by atoms with Crippen LogP contribution >= 0.6 is 0 Å². The molecule has 2 saturated heterocycles. The van der Waals surface area contributed by atoms with Crippen LogP contribution in [-0.2, 0) is 33.6 Å². The van der Waals surface area contributed by atoms with E-state index in [1.54, 1.807) is 0 Å². The van der Waals surface area contributed by atoms with Gasteiger partial charge < -0.3 is 44.9 Å². The fourth-order valence-corrected chi connectivity index (χ4v) is 3.47. The van der Waals surface area contributed by atoms with Gasteiger partial charge in [0.25, 0.3) is 0 Å². The molecule has 2 fully saturated rings. The van der Waals surface area contributed by atoms with E-state index in [1.165, 1.54) is 0 Å². The van der Waals surface area contributed by atoms with Crippen molar-refractivity contribution in [1.29, 1.82) is 0 Å². The average Bonchev–Trinajstić information content (AvgIpc) is 2.62. The summed E-state index contributed by atoms with van der Waals surface area (Å²) in [7, 11) is -5.17. The SMILES string of the molecule is CC(=O)N[C@H]1[C@@H](O[C@H]2[C@H](O)[C@@H](O)CN[C@@H]2C(=O)O)O[C@H](COS(=O)(=O)[O-])[C@@H](O)[C@@H]1O.[Na+]. The van der Waals surface area contributed by atoms with Crippen molar-refractivity contribution in [3.8, 4) is 0 Å². The van der Waals surface area contributed by atoms with Crippen LogP contribution in [0.1, 0.15) is 6.92 Å². The van der Waals surface area contributed by atoms with Crippen LogP contribution < -0.4 is 40.2 Å². The molecule has 9 atom stereocenters. The minimum absolute atomic E-state index is 0. The van der Waals surface area contributed by atoms with Crippen LogP contribution in [0.3, 0.4) is 0 Å². The Labute approximate surface area is 198 Å². The molecule has 0 saturated carbocycles. The molecule has 31 heavy (non-hydrogen) atoms. The number of nitrogens with one attached hydrogen (secondary N) is 2. The normalized spacial score (nSPS) is 38.7.